The molecule has 21 heavy (non-hydrogen) atoms. The van der Waals surface area contributed by atoms with Crippen LogP contribution in [0, 0.1) is 11.7 Å². The maximum atomic E-state index is 13.7. The Morgan fingerprint density at radius 1 is 1.33 bits per heavy atom. The lowest BCUT2D eigenvalue weighted by Crippen LogP contribution is -2.44. The Labute approximate surface area is 126 Å². The molecule has 8 heteroatoms. The molecule has 0 heterocycles. The Kier molecular flexibility index (Phi) is 4.65. The average molecular weight is 334 g/mol. The monoisotopic (exact) mass is 333 g/mol. The largest absolute Gasteiger partial charge is 0.481 e. The van der Waals surface area contributed by atoms with E-state index in [4.69, 9.17) is 16.7 Å². The van der Waals surface area contributed by atoms with Crippen LogP contribution in [0.15, 0.2) is 35.2 Å². The van der Waals surface area contributed by atoms with Gasteiger partial charge in [0.05, 0.1) is 5.92 Å². The highest BCUT2D eigenvalue weighted by atomic mass is 35.5. The first kappa shape index (κ1) is 15.9. The second-order valence-electron chi connectivity index (χ2n) is 4.69. The molecule has 0 saturated heterocycles. The smallest absolute Gasteiger partial charge is 0.308 e. The van der Waals surface area contributed by atoms with Crippen LogP contribution in [0.5, 0.6) is 0 Å². The Bertz CT molecular complexity index is 689. The molecule has 114 valence electrons. The van der Waals surface area contributed by atoms with Crippen molar-refractivity contribution in [2.24, 2.45) is 5.92 Å². The minimum Gasteiger partial charge on any atom is -0.481 e. The molecular formula is C13H13ClFNO4S. The van der Waals surface area contributed by atoms with Gasteiger partial charge >= 0.3 is 5.97 Å². The van der Waals surface area contributed by atoms with E-state index in [-0.39, 0.29) is 17.9 Å². The predicted molar refractivity (Wildman–Crippen MR) is 75.0 cm³/mol. The van der Waals surface area contributed by atoms with Crippen LogP contribution in [0.4, 0.5) is 4.39 Å². The van der Waals surface area contributed by atoms with Gasteiger partial charge in [-0.15, -0.1) is 0 Å². The Morgan fingerprint density at radius 2 is 2.00 bits per heavy atom. The molecule has 0 aliphatic heterocycles. The first-order chi connectivity index (χ1) is 9.81. The number of rotatable bonds is 4. The number of sulfonamides is 1. The number of allylic oxidation sites excluding steroid dienone is 1. The first-order valence-electron chi connectivity index (χ1n) is 6.16. The first-order valence-corrected chi connectivity index (χ1v) is 8.02. The minimum absolute atomic E-state index is 0.0788. The summed E-state index contributed by atoms with van der Waals surface area (Å²) < 4.78 is 40.3. The third kappa shape index (κ3) is 3.61. The summed E-state index contributed by atoms with van der Waals surface area (Å²) in [6.07, 6.45) is 3.84. The van der Waals surface area contributed by atoms with Gasteiger partial charge < -0.3 is 5.11 Å². The summed E-state index contributed by atoms with van der Waals surface area (Å²) in [7, 11) is -4.19. The minimum atomic E-state index is -4.19. The van der Waals surface area contributed by atoms with E-state index in [0.717, 1.165) is 12.1 Å². The maximum absolute atomic E-state index is 13.7. The second-order valence-corrected chi connectivity index (χ2v) is 6.81. The molecule has 0 spiro atoms. The number of hydrogen-bond acceptors (Lipinski definition) is 3. The zero-order valence-corrected chi connectivity index (χ0v) is 12.4. The second kappa shape index (κ2) is 6.13. The molecule has 0 fully saturated rings. The summed E-state index contributed by atoms with van der Waals surface area (Å²) >= 11 is 5.68. The van der Waals surface area contributed by atoms with E-state index in [0.29, 0.717) is 0 Å². The molecule has 1 aromatic carbocycles. The van der Waals surface area contributed by atoms with E-state index in [1.54, 1.807) is 12.2 Å². The molecule has 0 radical (unpaired) electrons. The maximum Gasteiger partial charge on any atom is 0.308 e. The molecule has 2 atom stereocenters. The summed E-state index contributed by atoms with van der Waals surface area (Å²) in [5, 5.41) is 9.19. The number of halogens is 2. The Balaban J connectivity index is 2.30. The molecule has 0 unspecified atom stereocenters. The van der Waals surface area contributed by atoms with Crippen LogP contribution >= 0.6 is 11.6 Å². The van der Waals surface area contributed by atoms with Crippen molar-refractivity contribution in [3.63, 3.8) is 0 Å². The number of carboxylic acids is 1. The van der Waals surface area contributed by atoms with Gasteiger partial charge in [-0.2, -0.15) is 0 Å². The van der Waals surface area contributed by atoms with Crippen molar-refractivity contribution in [1.82, 2.24) is 4.72 Å². The molecule has 0 saturated carbocycles. The van der Waals surface area contributed by atoms with Crippen molar-refractivity contribution in [3.05, 3.63) is 41.2 Å². The van der Waals surface area contributed by atoms with E-state index < -0.39 is 38.7 Å². The number of nitrogens with one attached hydrogen (secondary N) is 1. The van der Waals surface area contributed by atoms with E-state index in [1.807, 2.05) is 0 Å². The SMILES string of the molecule is O=C(O)[C@@H]1CC=CC[C@@H]1NS(=O)(=O)c1cc(Cl)ccc1F. The van der Waals surface area contributed by atoms with Crippen LogP contribution < -0.4 is 4.72 Å². The van der Waals surface area contributed by atoms with Gasteiger partial charge in [0.2, 0.25) is 10.0 Å². The number of carbonyl (C=O) groups is 1. The topological polar surface area (TPSA) is 83.5 Å². The number of benzene rings is 1. The fourth-order valence-electron chi connectivity index (χ4n) is 2.16. The molecule has 2 rings (SSSR count). The summed E-state index contributed by atoms with van der Waals surface area (Å²) in [5.74, 6) is -2.92. The highest BCUT2D eigenvalue weighted by Crippen LogP contribution is 2.24. The highest BCUT2D eigenvalue weighted by Gasteiger charge is 2.33. The molecule has 1 aliphatic carbocycles. The molecule has 0 aromatic heterocycles. The van der Waals surface area contributed by atoms with Crippen LogP contribution in [-0.4, -0.2) is 25.5 Å². The van der Waals surface area contributed by atoms with Gasteiger partial charge in [-0.3, -0.25) is 4.79 Å². The summed E-state index contributed by atoms with van der Waals surface area (Å²) in [6.45, 7) is 0. The van der Waals surface area contributed by atoms with Crippen molar-refractivity contribution in [2.75, 3.05) is 0 Å². The molecule has 0 amide bonds. The molecular weight excluding hydrogens is 321 g/mol. The predicted octanol–water partition coefficient (Wildman–Crippen LogP) is 2.18. The van der Waals surface area contributed by atoms with E-state index in [2.05, 4.69) is 4.72 Å². The van der Waals surface area contributed by atoms with Gasteiger partial charge in [-0.25, -0.2) is 17.5 Å². The van der Waals surface area contributed by atoms with Crippen LogP contribution in [0.3, 0.4) is 0 Å². The van der Waals surface area contributed by atoms with Gasteiger partial charge in [0.15, 0.2) is 0 Å². The van der Waals surface area contributed by atoms with Crippen LogP contribution in [0.25, 0.3) is 0 Å². The molecule has 0 bridgehead atoms. The summed E-state index contributed by atoms with van der Waals surface area (Å²) in [5.41, 5.74) is 0. The fraction of sp³-hybridized carbons (Fsp3) is 0.308. The fourth-order valence-corrected chi connectivity index (χ4v) is 3.79. The molecule has 5 nitrogen and oxygen atoms in total. The normalized spacial score (nSPS) is 22.2. The third-order valence-corrected chi connectivity index (χ3v) is 4.98. The van der Waals surface area contributed by atoms with Gasteiger partial charge in [-0.05, 0) is 31.0 Å². The third-order valence-electron chi connectivity index (χ3n) is 3.24. The number of hydrogen-bond donors (Lipinski definition) is 2. The van der Waals surface area contributed by atoms with E-state index in [9.17, 15) is 17.6 Å². The zero-order chi connectivity index (χ0) is 15.6. The van der Waals surface area contributed by atoms with Gasteiger partial charge in [0.1, 0.15) is 10.7 Å². The standard InChI is InChI=1S/C13H13ClFNO4S/c14-8-5-6-10(15)12(7-8)21(19,20)16-11-4-2-1-3-9(11)13(17)18/h1-2,5-7,9,11,16H,3-4H2,(H,17,18)/t9-,11+/m1/s1. The zero-order valence-electron chi connectivity index (χ0n) is 10.8. The van der Waals surface area contributed by atoms with Crippen molar-refractivity contribution in [1.29, 1.82) is 0 Å². The number of aliphatic carboxylic acids is 1. The van der Waals surface area contributed by atoms with Crippen molar-refractivity contribution in [2.45, 2.75) is 23.8 Å². The van der Waals surface area contributed by atoms with Gasteiger partial charge in [0, 0.05) is 11.1 Å². The van der Waals surface area contributed by atoms with Crippen molar-refractivity contribution in [3.8, 4) is 0 Å². The Morgan fingerprint density at radius 3 is 2.67 bits per heavy atom. The summed E-state index contributed by atoms with van der Waals surface area (Å²) in [6, 6.07) is 2.36. The van der Waals surface area contributed by atoms with Crippen molar-refractivity contribution < 1.29 is 22.7 Å². The van der Waals surface area contributed by atoms with Gasteiger partial charge in [0.25, 0.3) is 0 Å². The highest BCUT2D eigenvalue weighted by molar-refractivity contribution is 7.89. The lowest BCUT2D eigenvalue weighted by atomic mass is 9.90. The van der Waals surface area contributed by atoms with Gasteiger partial charge in [-0.1, -0.05) is 23.8 Å². The quantitative estimate of drug-likeness (QED) is 0.827. The van der Waals surface area contributed by atoms with Crippen LogP contribution in [-0.2, 0) is 14.8 Å². The Hall–Kier alpha value is -1.44. The van der Waals surface area contributed by atoms with Crippen LogP contribution in [0.1, 0.15) is 12.8 Å². The molecule has 1 aliphatic rings. The summed E-state index contributed by atoms with van der Waals surface area (Å²) in [4.78, 5) is 10.6. The average Bonchev–Trinajstić information content (AvgIpc) is 2.41. The lowest BCUT2D eigenvalue weighted by molar-refractivity contribution is -0.142. The molecule has 1 aromatic rings. The van der Waals surface area contributed by atoms with E-state index >= 15 is 0 Å². The van der Waals surface area contributed by atoms with Crippen molar-refractivity contribution >= 4 is 27.6 Å². The van der Waals surface area contributed by atoms with Crippen LogP contribution in [0.2, 0.25) is 5.02 Å². The number of carboxylic acid groups (broad SMARTS) is 1. The lowest BCUT2D eigenvalue weighted by Gasteiger charge is -2.26. The molecule has 2 N–H and O–H groups in total. The van der Waals surface area contributed by atoms with E-state index in [1.165, 1.54) is 6.07 Å².